The number of hydrogen-bond donors (Lipinski definition) is 2. The van der Waals surface area contributed by atoms with Crippen LogP contribution < -0.4 is 5.32 Å². The number of carbonyl (C=O) groups is 1. The van der Waals surface area contributed by atoms with Gasteiger partial charge in [0, 0.05) is 42.5 Å². The highest BCUT2D eigenvalue weighted by atomic mass is 19.4. The van der Waals surface area contributed by atoms with Gasteiger partial charge in [0.15, 0.2) is 23.1 Å². The first-order valence-corrected chi connectivity index (χ1v) is 12.1. The highest BCUT2D eigenvalue weighted by molar-refractivity contribution is 5.94. The van der Waals surface area contributed by atoms with Gasteiger partial charge in [0.25, 0.3) is 5.91 Å². The van der Waals surface area contributed by atoms with E-state index >= 15 is 0 Å². The van der Waals surface area contributed by atoms with Crippen molar-refractivity contribution < 1.29 is 31.9 Å². The van der Waals surface area contributed by atoms with Crippen molar-refractivity contribution in [2.24, 2.45) is 13.0 Å². The van der Waals surface area contributed by atoms with Gasteiger partial charge in [-0.2, -0.15) is 23.4 Å². The van der Waals surface area contributed by atoms with Crippen molar-refractivity contribution in [3.63, 3.8) is 0 Å². The first-order valence-electron chi connectivity index (χ1n) is 12.1. The first kappa shape index (κ1) is 25.7. The Bertz CT molecular complexity index is 1480. The van der Waals surface area contributed by atoms with Crippen molar-refractivity contribution in [2.75, 3.05) is 6.54 Å². The zero-order valence-electron chi connectivity index (χ0n) is 20.3. The van der Waals surface area contributed by atoms with E-state index in [-0.39, 0.29) is 23.1 Å². The number of phenols is 1. The summed E-state index contributed by atoms with van der Waals surface area (Å²) in [6, 6.07) is 6.69. The number of hydrogen-bond acceptors (Lipinski definition) is 4. The molecule has 1 fully saturated rings. The number of alkyl halides is 3. The van der Waals surface area contributed by atoms with Crippen LogP contribution in [0, 0.1) is 17.6 Å². The summed E-state index contributed by atoms with van der Waals surface area (Å²) >= 11 is 0. The van der Waals surface area contributed by atoms with Gasteiger partial charge >= 0.3 is 6.18 Å². The van der Waals surface area contributed by atoms with Crippen LogP contribution in [-0.4, -0.2) is 37.1 Å². The first-order chi connectivity index (χ1) is 18.0. The molecule has 200 valence electrons. The maximum Gasteiger partial charge on any atom is 0.435 e. The van der Waals surface area contributed by atoms with Gasteiger partial charge in [-0.05, 0) is 55.4 Å². The SMILES string of the molecule is Cn1cc(-c2ccc3cn(C4CCC(CNC(=O)c5cc(F)c(O)c(F)c5)CC4)nc3c2)c(C(F)(F)F)n1. The van der Waals surface area contributed by atoms with Gasteiger partial charge in [0.1, 0.15) is 0 Å². The number of aromatic hydroxyl groups is 1. The fourth-order valence-electron chi connectivity index (χ4n) is 4.95. The van der Waals surface area contributed by atoms with Gasteiger partial charge < -0.3 is 10.4 Å². The zero-order chi connectivity index (χ0) is 27.2. The molecule has 5 rings (SSSR count). The van der Waals surface area contributed by atoms with Gasteiger partial charge in [0.05, 0.1) is 11.6 Å². The molecular weight excluding hydrogens is 509 g/mol. The fourth-order valence-corrected chi connectivity index (χ4v) is 4.95. The predicted molar refractivity (Wildman–Crippen MR) is 128 cm³/mol. The van der Waals surface area contributed by atoms with Crippen LogP contribution in [0.1, 0.15) is 47.8 Å². The predicted octanol–water partition coefficient (Wildman–Crippen LogP) is 5.60. The molecule has 2 aromatic heterocycles. The third-order valence-corrected chi connectivity index (χ3v) is 6.95. The number of amides is 1. The molecule has 0 bridgehead atoms. The average Bonchev–Trinajstić information content (AvgIpc) is 3.49. The van der Waals surface area contributed by atoms with Crippen LogP contribution in [0.15, 0.2) is 42.7 Å². The zero-order valence-corrected chi connectivity index (χ0v) is 20.3. The minimum absolute atomic E-state index is 0.00298. The van der Waals surface area contributed by atoms with Gasteiger partial charge in [0.2, 0.25) is 0 Å². The Balaban J connectivity index is 1.22. The number of carbonyl (C=O) groups excluding carboxylic acids is 1. The molecule has 0 unspecified atom stereocenters. The number of halogens is 5. The molecule has 0 aliphatic heterocycles. The molecule has 1 aliphatic carbocycles. The molecule has 38 heavy (non-hydrogen) atoms. The maximum absolute atomic E-state index is 13.5. The second kappa shape index (κ2) is 9.73. The highest BCUT2D eigenvalue weighted by Gasteiger charge is 2.37. The fraction of sp³-hybridized carbons (Fsp3) is 0.346. The Hall–Kier alpha value is -3.96. The normalized spacial score (nSPS) is 18.2. The molecule has 2 N–H and O–H groups in total. The van der Waals surface area contributed by atoms with Crippen molar-refractivity contribution >= 4 is 16.8 Å². The molecule has 2 heterocycles. The van der Waals surface area contributed by atoms with Crippen LogP contribution in [0.5, 0.6) is 5.75 Å². The molecule has 12 heteroatoms. The van der Waals surface area contributed by atoms with E-state index in [0.717, 1.165) is 47.9 Å². The molecule has 0 spiro atoms. The molecule has 0 radical (unpaired) electrons. The molecule has 1 aliphatic rings. The monoisotopic (exact) mass is 533 g/mol. The van der Waals surface area contributed by atoms with E-state index in [2.05, 4.69) is 15.5 Å². The molecule has 0 atom stereocenters. The summed E-state index contributed by atoms with van der Waals surface area (Å²) in [5, 5.41) is 20.9. The van der Waals surface area contributed by atoms with Crippen molar-refractivity contribution in [2.45, 2.75) is 37.9 Å². The van der Waals surface area contributed by atoms with Crippen LogP contribution in [0.25, 0.3) is 22.0 Å². The number of aromatic nitrogens is 4. The van der Waals surface area contributed by atoms with E-state index in [0.29, 0.717) is 17.6 Å². The standard InChI is InChI=1S/C26H24F5N5O2/c1-35-13-19(24(34-35)26(29,30)31)15-4-5-16-12-36(33-22(16)10-15)18-6-2-14(3-7-18)11-32-25(38)17-8-20(27)23(37)21(28)9-17/h4-5,8-10,12-14,18,37H,2-3,6-7,11H2,1H3,(H,32,38). The number of nitrogens with zero attached hydrogens (tertiary/aromatic N) is 4. The number of fused-ring (bicyclic) bond motifs is 1. The Morgan fingerprint density at radius 3 is 2.39 bits per heavy atom. The van der Waals surface area contributed by atoms with E-state index in [1.54, 1.807) is 18.2 Å². The lowest BCUT2D eigenvalue weighted by Crippen LogP contribution is -2.31. The van der Waals surface area contributed by atoms with Crippen LogP contribution in [0.4, 0.5) is 22.0 Å². The quantitative estimate of drug-likeness (QED) is 0.327. The van der Waals surface area contributed by atoms with E-state index in [1.165, 1.54) is 13.2 Å². The lowest BCUT2D eigenvalue weighted by molar-refractivity contribution is -0.140. The van der Waals surface area contributed by atoms with Crippen LogP contribution in [0.3, 0.4) is 0 Å². The minimum Gasteiger partial charge on any atom is -0.503 e. The lowest BCUT2D eigenvalue weighted by Gasteiger charge is -2.28. The Morgan fingerprint density at radius 1 is 1.05 bits per heavy atom. The van der Waals surface area contributed by atoms with E-state index < -0.39 is 35.2 Å². The van der Waals surface area contributed by atoms with E-state index in [4.69, 9.17) is 0 Å². The average molecular weight is 534 g/mol. The molecule has 1 saturated carbocycles. The Kier molecular flexibility index (Phi) is 6.58. The van der Waals surface area contributed by atoms with E-state index in [1.807, 2.05) is 10.9 Å². The number of phenolic OH excluding ortho intramolecular Hbond substituents is 1. The number of aryl methyl sites for hydroxylation is 1. The summed E-state index contributed by atoms with van der Waals surface area (Å²) in [6.07, 6.45) is 1.79. The largest absolute Gasteiger partial charge is 0.503 e. The number of rotatable bonds is 5. The second-order valence-corrected chi connectivity index (χ2v) is 9.62. The number of benzene rings is 2. The molecular formula is C26H24F5N5O2. The van der Waals surface area contributed by atoms with Gasteiger partial charge in [-0.25, -0.2) is 8.78 Å². The smallest absolute Gasteiger partial charge is 0.435 e. The Morgan fingerprint density at radius 2 is 1.74 bits per heavy atom. The topological polar surface area (TPSA) is 85.0 Å². The van der Waals surface area contributed by atoms with Gasteiger partial charge in [-0.3, -0.25) is 14.2 Å². The van der Waals surface area contributed by atoms with Crippen LogP contribution in [-0.2, 0) is 13.2 Å². The summed E-state index contributed by atoms with van der Waals surface area (Å²) in [5.41, 5.74) is -0.178. The number of nitrogens with one attached hydrogen (secondary N) is 1. The maximum atomic E-state index is 13.5. The molecule has 4 aromatic rings. The molecule has 1 amide bonds. The van der Waals surface area contributed by atoms with Crippen LogP contribution in [0.2, 0.25) is 0 Å². The minimum atomic E-state index is -4.57. The third-order valence-electron chi connectivity index (χ3n) is 6.95. The van der Waals surface area contributed by atoms with Crippen molar-refractivity contribution in [1.29, 1.82) is 0 Å². The summed E-state index contributed by atoms with van der Waals surface area (Å²) < 4.78 is 70.3. The summed E-state index contributed by atoms with van der Waals surface area (Å²) in [6.45, 7) is 0.340. The van der Waals surface area contributed by atoms with Gasteiger partial charge in [-0.1, -0.05) is 12.1 Å². The summed E-state index contributed by atoms with van der Waals surface area (Å²) in [7, 11) is 1.45. The second-order valence-electron chi connectivity index (χ2n) is 9.62. The molecule has 0 saturated heterocycles. The molecule has 7 nitrogen and oxygen atoms in total. The third kappa shape index (κ3) is 5.07. The van der Waals surface area contributed by atoms with Crippen LogP contribution >= 0.6 is 0 Å². The lowest BCUT2D eigenvalue weighted by atomic mass is 9.86. The summed E-state index contributed by atoms with van der Waals surface area (Å²) in [5.74, 6) is -3.97. The van der Waals surface area contributed by atoms with Crippen molar-refractivity contribution in [3.05, 3.63) is 65.6 Å². The molecule has 2 aromatic carbocycles. The Labute approximate surface area is 213 Å². The van der Waals surface area contributed by atoms with Crippen molar-refractivity contribution in [1.82, 2.24) is 24.9 Å². The van der Waals surface area contributed by atoms with Crippen molar-refractivity contribution in [3.8, 4) is 16.9 Å². The summed E-state index contributed by atoms with van der Waals surface area (Å²) in [4.78, 5) is 12.3. The van der Waals surface area contributed by atoms with Gasteiger partial charge in [-0.15, -0.1) is 0 Å². The van der Waals surface area contributed by atoms with E-state index in [9.17, 15) is 31.9 Å². The highest BCUT2D eigenvalue weighted by Crippen LogP contribution is 2.37.